The van der Waals surface area contributed by atoms with Gasteiger partial charge in [-0.3, -0.25) is 14.2 Å². The molecule has 2 heterocycles. The van der Waals surface area contributed by atoms with Gasteiger partial charge in [0.15, 0.2) is 0 Å². The van der Waals surface area contributed by atoms with Gasteiger partial charge in [-0.05, 0) is 41.5 Å². The minimum Gasteiger partial charge on any atom is -0.462 e. The lowest BCUT2D eigenvalue weighted by Gasteiger charge is -2.30. The number of carbonyl (C=O) groups is 2. The molecule has 0 saturated carbocycles. The van der Waals surface area contributed by atoms with Crippen molar-refractivity contribution in [2.75, 3.05) is 6.61 Å². The molecular formula is C18H25N3O5. The van der Waals surface area contributed by atoms with E-state index in [0.717, 1.165) is 0 Å². The van der Waals surface area contributed by atoms with Gasteiger partial charge in [-0.1, -0.05) is 0 Å². The molecule has 0 aliphatic heterocycles. The van der Waals surface area contributed by atoms with E-state index >= 15 is 0 Å². The Kier molecular flexibility index (Phi) is 5.84. The van der Waals surface area contributed by atoms with Gasteiger partial charge in [-0.2, -0.15) is 0 Å². The van der Waals surface area contributed by atoms with Crippen molar-refractivity contribution in [3.8, 4) is 0 Å². The smallest absolute Gasteiger partial charge is 0.342 e. The maximum Gasteiger partial charge on any atom is 0.342 e. The van der Waals surface area contributed by atoms with Gasteiger partial charge in [0.1, 0.15) is 29.6 Å². The van der Waals surface area contributed by atoms with Crippen molar-refractivity contribution in [3.63, 3.8) is 0 Å². The summed E-state index contributed by atoms with van der Waals surface area (Å²) in [6.45, 7) is 10.9. The van der Waals surface area contributed by atoms with Crippen LogP contribution < -0.4 is 5.56 Å². The molecule has 8 nitrogen and oxygen atoms in total. The highest BCUT2D eigenvalue weighted by Crippen LogP contribution is 2.21. The van der Waals surface area contributed by atoms with Crippen molar-refractivity contribution in [2.45, 2.75) is 60.2 Å². The Morgan fingerprint density at radius 2 is 1.88 bits per heavy atom. The van der Waals surface area contributed by atoms with Crippen molar-refractivity contribution in [1.82, 2.24) is 14.5 Å². The molecule has 0 unspecified atom stereocenters. The first-order valence-electron chi connectivity index (χ1n) is 8.65. The summed E-state index contributed by atoms with van der Waals surface area (Å²) in [4.78, 5) is 43.5. The van der Waals surface area contributed by atoms with Crippen LogP contribution in [-0.4, -0.2) is 45.0 Å². The molecule has 0 atom stereocenters. The van der Waals surface area contributed by atoms with Gasteiger partial charge in [0.2, 0.25) is 11.6 Å². The zero-order chi connectivity index (χ0) is 19.6. The lowest BCUT2D eigenvalue weighted by atomic mass is 10.2. The summed E-state index contributed by atoms with van der Waals surface area (Å²) in [6.07, 6.45) is 1.26. The van der Waals surface area contributed by atoms with Crippen molar-refractivity contribution in [3.05, 3.63) is 28.0 Å². The Hall–Kier alpha value is -2.64. The minimum atomic E-state index is -0.641. The van der Waals surface area contributed by atoms with E-state index in [1.54, 1.807) is 18.7 Å². The Morgan fingerprint density at radius 3 is 2.42 bits per heavy atom. The summed E-state index contributed by atoms with van der Waals surface area (Å²) in [5.74, 6) is -0.577. The molecule has 142 valence electrons. The van der Waals surface area contributed by atoms with Gasteiger partial charge >= 0.3 is 5.97 Å². The zero-order valence-electron chi connectivity index (χ0n) is 16.0. The highest BCUT2D eigenvalue weighted by Gasteiger charge is 2.25. The number of furan rings is 1. The Bertz CT molecular complexity index is 871. The van der Waals surface area contributed by atoms with Crippen molar-refractivity contribution in [1.29, 1.82) is 0 Å². The average molecular weight is 363 g/mol. The zero-order valence-corrected chi connectivity index (χ0v) is 16.0. The monoisotopic (exact) mass is 363 g/mol. The van der Waals surface area contributed by atoms with Crippen LogP contribution in [0.2, 0.25) is 0 Å². The fourth-order valence-electron chi connectivity index (χ4n) is 3.10. The molecule has 2 rings (SSSR count). The largest absolute Gasteiger partial charge is 0.462 e. The van der Waals surface area contributed by atoms with E-state index < -0.39 is 11.5 Å². The Labute approximate surface area is 151 Å². The second kappa shape index (κ2) is 7.72. The Morgan fingerprint density at radius 1 is 1.27 bits per heavy atom. The van der Waals surface area contributed by atoms with Crippen molar-refractivity contribution < 1.29 is 18.7 Å². The average Bonchev–Trinajstić information content (AvgIpc) is 2.86. The maximum absolute atomic E-state index is 12.9. The van der Waals surface area contributed by atoms with Crippen LogP contribution in [-0.2, 0) is 16.1 Å². The molecule has 0 radical (unpaired) electrons. The van der Waals surface area contributed by atoms with Gasteiger partial charge in [0.05, 0.1) is 6.61 Å². The number of nitrogens with zero attached hydrogens (tertiary/aromatic N) is 3. The van der Waals surface area contributed by atoms with E-state index in [4.69, 9.17) is 9.15 Å². The third-order valence-corrected chi connectivity index (χ3v) is 4.04. The van der Waals surface area contributed by atoms with Gasteiger partial charge in [-0.15, -0.1) is 0 Å². The Balaban J connectivity index is 2.49. The van der Waals surface area contributed by atoms with Crippen molar-refractivity contribution >= 4 is 23.0 Å². The number of ether oxygens (including phenoxy) is 1. The minimum absolute atomic E-state index is 0.00107. The number of aryl methyl sites for hydroxylation is 1. The second-order valence-corrected chi connectivity index (χ2v) is 6.60. The third-order valence-electron chi connectivity index (χ3n) is 4.04. The van der Waals surface area contributed by atoms with Crippen LogP contribution in [0.25, 0.3) is 11.1 Å². The number of esters is 1. The first-order valence-corrected chi connectivity index (χ1v) is 8.65. The van der Waals surface area contributed by atoms with Crippen LogP contribution in [0.3, 0.4) is 0 Å². The van der Waals surface area contributed by atoms with E-state index in [9.17, 15) is 14.4 Å². The molecule has 0 saturated heterocycles. The number of rotatable bonds is 6. The predicted octanol–water partition coefficient (Wildman–Crippen LogP) is 2.12. The second-order valence-electron chi connectivity index (χ2n) is 6.60. The van der Waals surface area contributed by atoms with Gasteiger partial charge in [0, 0.05) is 12.1 Å². The van der Waals surface area contributed by atoms with E-state index in [0.29, 0.717) is 0 Å². The highest BCUT2D eigenvalue weighted by atomic mass is 16.5. The fourth-order valence-corrected chi connectivity index (χ4v) is 3.10. The quantitative estimate of drug-likeness (QED) is 0.730. The number of aromatic nitrogens is 2. The fraction of sp³-hybridized carbons (Fsp3) is 0.556. The summed E-state index contributed by atoms with van der Waals surface area (Å²) in [5, 5.41) is 0.0388. The molecule has 0 aliphatic rings. The normalized spacial score (nSPS) is 11.4. The number of carbonyl (C=O) groups excluding carboxylic acids is 2. The number of fused-ring (bicyclic) bond motifs is 1. The molecular weight excluding hydrogens is 338 g/mol. The number of hydrogen-bond acceptors (Lipinski definition) is 6. The molecule has 2 aromatic heterocycles. The van der Waals surface area contributed by atoms with Crippen LogP contribution in [0.5, 0.6) is 0 Å². The molecule has 2 aromatic rings. The molecule has 0 N–H and O–H groups in total. The van der Waals surface area contributed by atoms with E-state index in [-0.39, 0.29) is 53.6 Å². The SMILES string of the molecule is CCOC(=O)c1c(C)oc2ncn(CC(=O)N(C(C)C)C(C)C)c(=O)c12. The summed E-state index contributed by atoms with van der Waals surface area (Å²) in [5.41, 5.74) is -0.384. The van der Waals surface area contributed by atoms with E-state index in [1.807, 2.05) is 27.7 Å². The van der Waals surface area contributed by atoms with Crippen LogP contribution >= 0.6 is 0 Å². The van der Waals surface area contributed by atoms with Gasteiger partial charge in [0.25, 0.3) is 5.56 Å². The summed E-state index contributed by atoms with van der Waals surface area (Å²) >= 11 is 0. The lowest BCUT2D eigenvalue weighted by molar-refractivity contribution is -0.135. The summed E-state index contributed by atoms with van der Waals surface area (Å²) in [6, 6.07) is 0.00214. The van der Waals surface area contributed by atoms with Crippen molar-refractivity contribution in [2.24, 2.45) is 0 Å². The molecule has 0 aliphatic carbocycles. The first kappa shape index (κ1) is 19.7. The topological polar surface area (TPSA) is 94.6 Å². The van der Waals surface area contributed by atoms with Crippen LogP contribution in [0.15, 0.2) is 15.5 Å². The highest BCUT2D eigenvalue weighted by molar-refractivity contribution is 6.03. The van der Waals surface area contributed by atoms with Crippen LogP contribution in [0, 0.1) is 6.92 Å². The van der Waals surface area contributed by atoms with Gasteiger partial charge in [-0.25, -0.2) is 9.78 Å². The standard InChI is InChI=1S/C18H25N3O5/c1-7-25-18(24)14-12(6)26-16-15(14)17(23)20(9-19-16)8-13(22)21(10(2)3)11(4)5/h9-11H,7-8H2,1-6H3. The number of hydrogen-bond donors (Lipinski definition) is 0. The number of amides is 1. The molecule has 1 amide bonds. The lowest BCUT2D eigenvalue weighted by Crippen LogP contribution is -2.44. The van der Waals surface area contributed by atoms with E-state index in [1.165, 1.54) is 10.9 Å². The predicted molar refractivity (Wildman–Crippen MR) is 96.1 cm³/mol. The molecule has 0 bridgehead atoms. The molecule has 26 heavy (non-hydrogen) atoms. The molecule has 0 aromatic carbocycles. The van der Waals surface area contributed by atoms with Gasteiger partial charge < -0.3 is 14.1 Å². The summed E-state index contributed by atoms with van der Waals surface area (Å²) < 4.78 is 11.6. The van der Waals surface area contributed by atoms with E-state index in [2.05, 4.69) is 4.98 Å². The summed E-state index contributed by atoms with van der Waals surface area (Å²) in [7, 11) is 0. The molecule has 0 fully saturated rings. The first-order chi connectivity index (χ1) is 12.2. The molecule has 8 heteroatoms. The van der Waals surface area contributed by atoms with Crippen LogP contribution in [0.4, 0.5) is 0 Å². The maximum atomic E-state index is 12.9. The third kappa shape index (κ3) is 3.63. The van der Waals surface area contributed by atoms with Crippen LogP contribution in [0.1, 0.15) is 50.7 Å². The molecule has 0 spiro atoms.